The number of piperazine rings is 1. The fraction of sp³-hybridized carbons (Fsp3) is 0.200. The van der Waals surface area contributed by atoms with Crippen molar-refractivity contribution >= 4 is 17.5 Å². The van der Waals surface area contributed by atoms with Gasteiger partial charge >= 0.3 is 0 Å². The van der Waals surface area contributed by atoms with E-state index in [1.165, 1.54) is 11.9 Å². The van der Waals surface area contributed by atoms with Gasteiger partial charge < -0.3 is 10.2 Å². The lowest BCUT2D eigenvalue weighted by atomic mass is 10.1. The van der Waals surface area contributed by atoms with Gasteiger partial charge in [-0.25, -0.2) is 9.97 Å². The third kappa shape index (κ3) is 5.07. The highest BCUT2D eigenvalue weighted by Crippen LogP contribution is 2.20. The molecule has 1 saturated heterocycles. The summed E-state index contributed by atoms with van der Waals surface area (Å²) < 4.78 is 0. The summed E-state index contributed by atoms with van der Waals surface area (Å²) in [6, 6.07) is 23.8. The molecule has 0 radical (unpaired) electrons. The van der Waals surface area contributed by atoms with E-state index < -0.39 is 0 Å². The Morgan fingerprint density at radius 2 is 1.64 bits per heavy atom. The first-order valence-corrected chi connectivity index (χ1v) is 11.0. The molecule has 0 unspecified atom stereocenters. The van der Waals surface area contributed by atoms with Crippen LogP contribution in [0.15, 0.2) is 79.1 Å². The normalized spacial score (nSPS) is 14.2. The van der Waals surface area contributed by atoms with Crippen molar-refractivity contribution in [3.05, 3.63) is 90.4 Å². The average molecular weight is 440 g/mol. The van der Waals surface area contributed by atoms with Crippen molar-refractivity contribution in [2.24, 2.45) is 0 Å². The Morgan fingerprint density at radius 1 is 0.909 bits per heavy atom. The van der Waals surface area contributed by atoms with Crippen LogP contribution in [0.25, 0.3) is 11.3 Å². The fourth-order valence-corrected chi connectivity index (χ4v) is 3.94. The van der Waals surface area contributed by atoms with E-state index >= 15 is 0 Å². The van der Waals surface area contributed by atoms with E-state index in [0.29, 0.717) is 11.5 Å². The number of carbonyl (C=O) groups excluding carboxylic acids is 1. The third-order valence-corrected chi connectivity index (χ3v) is 5.73. The molecule has 0 atom stereocenters. The van der Waals surface area contributed by atoms with Crippen LogP contribution in [0, 0.1) is 0 Å². The summed E-state index contributed by atoms with van der Waals surface area (Å²) in [7, 11) is 0. The zero-order valence-electron chi connectivity index (χ0n) is 18.2. The molecule has 8 heteroatoms. The number of benzene rings is 2. The van der Waals surface area contributed by atoms with Crippen LogP contribution in [0.1, 0.15) is 16.1 Å². The molecule has 0 spiro atoms. The molecular weight excluding hydrogens is 414 g/mol. The van der Waals surface area contributed by atoms with Gasteiger partial charge in [-0.05, 0) is 11.6 Å². The van der Waals surface area contributed by atoms with Gasteiger partial charge in [0.05, 0.1) is 5.69 Å². The van der Waals surface area contributed by atoms with Crippen LogP contribution in [-0.4, -0.2) is 57.2 Å². The number of rotatable bonds is 6. The number of aromatic amines is 1. The monoisotopic (exact) mass is 439 g/mol. The maximum absolute atomic E-state index is 12.7. The molecular formula is C25H25N7O. The van der Waals surface area contributed by atoms with Crippen LogP contribution in [0.5, 0.6) is 0 Å². The largest absolute Gasteiger partial charge is 0.354 e. The summed E-state index contributed by atoms with van der Waals surface area (Å²) in [4.78, 5) is 26.0. The second-order valence-electron chi connectivity index (χ2n) is 8.00. The van der Waals surface area contributed by atoms with E-state index in [0.717, 1.165) is 49.8 Å². The summed E-state index contributed by atoms with van der Waals surface area (Å²) in [5.41, 5.74) is 3.37. The first-order chi connectivity index (χ1) is 16.2. The third-order valence-electron chi connectivity index (χ3n) is 5.73. The van der Waals surface area contributed by atoms with Crippen molar-refractivity contribution in [3.63, 3.8) is 0 Å². The predicted octanol–water partition coefficient (Wildman–Crippen LogP) is 3.44. The van der Waals surface area contributed by atoms with Crippen molar-refractivity contribution in [2.75, 3.05) is 36.4 Å². The zero-order chi connectivity index (χ0) is 22.5. The highest BCUT2D eigenvalue weighted by Gasteiger charge is 2.19. The van der Waals surface area contributed by atoms with Crippen molar-refractivity contribution in [2.45, 2.75) is 6.54 Å². The lowest BCUT2D eigenvalue weighted by Gasteiger charge is -2.35. The molecule has 2 aromatic carbocycles. The number of amides is 1. The molecule has 4 aromatic rings. The Balaban J connectivity index is 1.19. The van der Waals surface area contributed by atoms with Crippen LogP contribution in [0.2, 0.25) is 0 Å². The quantitative estimate of drug-likeness (QED) is 0.478. The topological polar surface area (TPSA) is 90.0 Å². The molecule has 2 N–H and O–H groups in total. The van der Waals surface area contributed by atoms with Crippen LogP contribution in [-0.2, 0) is 6.54 Å². The van der Waals surface area contributed by atoms with Gasteiger partial charge in [0.1, 0.15) is 23.7 Å². The molecule has 2 aromatic heterocycles. The van der Waals surface area contributed by atoms with Crippen LogP contribution >= 0.6 is 0 Å². The van der Waals surface area contributed by atoms with Gasteiger partial charge in [0.15, 0.2) is 0 Å². The highest BCUT2D eigenvalue weighted by molar-refractivity contribution is 6.03. The van der Waals surface area contributed by atoms with Crippen molar-refractivity contribution < 1.29 is 4.79 Å². The van der Waals surface area contributed by atoms with E-state index in [1.54, 1.807) is 6.07 Å². The minimum atomic E-state index is -0.290. The van der Waals surface area contributed by atoms with E-state index in [1.807, 2.05) is 42.5 Å². The minimum absolute atomic E-state index is 0.290. The number of hydrogen-bond donors (Lipinski definition) is 2. The molecule has 5 rings (SSSR count). The zero-order valence-corrected chi connectivity index (χ0v) is 18.2. The summed E-state index contributed by atoms with van der Waals surface area (Å²) in [5, 5.41) is 9.90. The number of hydrogen-bond acceptors (Lipinski definition) is 6. The summed E-state index contributed by atoms with van der Waals surface area (Å²) in [5.74, 6) is 0.990. The Morgan fingerprint density at radius 3 is 2.39 bits per heavy atom. The van der Waals surface area contributed by atoms with Gasteiger partial charge in [0.2, 0.25) is 0 Å². The smallest absolute Gasteiger partial charge is 0.274 e. The molecule has 1 aliphatic heterocycles. The maximum Gasteiger partial charge on any atom is 0.274 e. The number of anilines is 2. The molecule has 0 bridgehead atoms. The summed E-state index contributed by atoms with van der Waals surface area (Å²) in [6.07, 6.45) is 1.49. The molecule has 0 saturated carbocycles. The molecule has 1 aliphatic rings. The van der Waals surface area contributed by atoms with Crippen LogP contribution in [0.3, 0.4) is 0 Å². The first kappa shape index (κ1) is 20.8. The number of carbonyl (C=O) groups is 1. The van der Waals surface area contributed by atoms with Gasteiger partial charge in [0.25, 0.3) is 5.91 Å². The number of nitrogens with zero attached hydrogens (tertiary/aromatic N) is 5. The average Bonchev–Trinajstić information content (AvgIpc) is 3.37. The van der Waals surface area contributed by atoms with Crippen molar-refractivity contribution in [1.29, 1.82) is 0 Å². The standard InChI is InChI=1S/C25H25N7O/c33-25(22-15-21(29-30-22)20-9-5-2-6-10-20)28-23-16-24(27-18-26-23)32-13-11-31(12-14-32)17-19-7-3-1-4-8-19/h1-10,15-16,18H,11-14,17H2,(H,29,30)(H,26,27,28,33). The lowest BCUT2D eigenvalue weighted by Crippen LogP contribution is -2.46. The fourth-order valence-electron chi connectivity index (χ4n) is 3.94. The predicted molar refractivity (Wildman–Crippen MR) is 128 cm³/mol. The Hall–Kier alpha value is -4.04. The second kappa shape index (κ2) is 9.62. The maximum atomic E-state index is 12.7. The second-order valence-corrected chi connectivity index (χ2v) is 8.00. The van der Waals surface area contributed by atoms with E-state index in [-0.39, 0.29) is 5.91 Å². The number of nitrogens with one attached hydrogen (secondary N) is 2. The van der Waals surface area contributed by atoms with Gasteiger partial charge in [-0.2, -0.15) is 5.10 Å². The van der Waals surface area contributed by atoms with Gasteiger partial charge in [-0.15, -0.1) is 0 Å². The molecule has 1 fully saturated rings. The lowest BCUT2D eigenvalue weighted by molar-refractivity contribution is 0.102. The molecule has 1 amide bonds. The summed E-state index contributed by atoms with van der Waals surface area (Å²) in [6.45, 7) is 4.61. The Kier molecular flexibility index (Phi) is 6.08. The minimum Gasteiger partial charge on any atom is -0.354 e. The molecule has 166 valence electrons. The van der Waals surface area contributed by atoms with Crippen LogP contribution in [0.4, 0.5) is 11.6 Å². The molecule has 8 nitrogen and oxygen atoms in total. The van der Waals surface area contributed by atoms with Crippen LogP contribution < -0.4 is 10.2 Å². The van der Waals surface area contributed by atoms with Gasteiger partial charge in [-0.1, -0.05) is 60.7 Å². The van der Waals surface area contributed by atoms with Gasteiger partial charge in [-0.3, -0.25) is 14.8 Å². The number of H-pyrrole nitrogens is 1. The summed E-state index contributed by atoms with van der Waals surface area (Å²) >= 11 is 0. The SMILES string of the molecule is O=C(Nc1cc(N2CCN(Cc3ccccc3)CC2)ncn1)c1cc(-c2ccccc2)n[nH]1. The first-order valence-electron chi connectivity index (χ1n) is 11.0. The molecule has 33 heavy (non-hydrogen) atoms. The Labute approximate surface area is 192 Å². The van der Waals surface area contributed by atoms with Gasteiger partial charge in [0, 0.05) is 44.4 Å². The Bertz CT molecular complexity index is 1200. The number of aromatic nitrogens is 4. The van der Waals surface area contributed by atoms with E-state index in [4.69, 9.17) is 0 Å². The molecule has 0 aliphatic carbocycles. The highest BCUT2D eigenvalue weighted by atomic mass is 16.2. The van der Waals surface area contributed by atoms with E-state index in [9.17, 15) is 4.79 Å². The molecule has 3 heterocycles. The van der Waals surface area contributed by atoms with E-state index in [2.05, 4.69) is 59.5 Å². The van der Waals surface area contributed by atoms with Crippen molar-refractivity contribution in [1.82, 2.24) is 25.1 Å². The van der Waals surface area contributed by atoms with Crippen molar-refractivity contribution in [3.8, 4) is 11.3 Å².